The molecule has 0 aromatic carbocycles. The van der Waals surface area contributed by atoms with E-state index in [-0.39, 0.29) is 6.04 Å². The van der Waals surface area contributed by atoms with Crippen molar-refractivity contribution in [3.05, 3.63) is 35.0 Å². The first-order valence-corrected chi connectivity index (χ1v) is 5.72. The minimum Gasteiger partial charge on any atom is -0.361 e. The van der Waals surface area contributed by atoms with Gasteiger partial charge in [-0.1, -0.05) is 5.16 Å². The minimum atomic E-state index is 0.246. The molecule has 2 heterocycles. The highest BCUT2D eigenvalue weighted by Crippen LogP contribution is 2.15. The van der Waals surface area contributed by atoms with Gasteiger partial charge in [-0.15, -0.1) is 0 Å². The Labute approximate surface area is 101 Å². The summed E-state index contributed by atoms with van der Waals surface area (Å²) in [5.74, 6) is 0.882. The average Bonchev–Trinajstić information content (AvgIpc) is 2.84. The van der Waals surface area contributed by atoms with E-state index in [1.165, 1.54) is 0 Å². The fourth-order valence-electron chi connectivity index (χ4n) is 1.92. The van der Waals surface area contributed by atoms with Crippen molar-refractivity contribution in [1.82, 2.24) is 20.3 Å². The van der Waals surface area contributed by atoms with Gasteiger partial charge in [0, 0.05) is 31.4 Å². The highest BCUT2D eigenvalue weighted by Gasteiger charge is 2.12. The summed E-state index contributed by atoms with van der Waals surface area (Å²) in [7, 11) is 1.95. The molecular formula is C12H18N4O. The van der Waals surface area contributed by atoms with Crippen LogP contribution in [0.1, 0.15) is 35.7 Å². The van der Waals surface area contributed by atoms with Gasteiger partial charge in [0.1, 0.15) is 5.76 Å². The molecule has 0 saturated carbocycles. The lowest BCUT2D eigenvalue weighted by molar-refractivity contribution is 0.391. The normalized spacial score (nSPS) is 12.9. The van der Waals surface area contributed by atoms with Crippen LogP contribution in [0.5, 0.6) is 0 Å². The monoisotopic (exact) mass is 234 g/mol. The van der Waals surface area contributed by atoms with Crippen LogP contribution in [-0.2, 0) is 13.6 Å². The van der Waals surface area contributed by atoms with Crippen molar-refractivity contribution in [3.63, 3.8) is 0 Å². The van der Waals surface area contributed by atoms with Crippen LogP contribution in [0.3, 0.4) is 0 Å². The number of nitrogens with zero attached hydrogens (tertiary/aromatic N) is 3. The molecule has 0 aliphatic rings. The van der Waals surface area contributed by atoms with Crippen LogP contribution in [-0.4, -0.2) is 14.9 Å². The van der Waals surface area contributed by atoms with Crippen molar-refractivity contribution < 1.29 is 4.52 Å². The predicted molar refractivity (Wildman–Crippen MR) is 64.4 cm³/mol. The van der Waals surface area contributed by atoms with E-state index in [9.17, 15) is 0 Å². The lowest BCUT2D eigenvalue weighted by Crippen LogP contribution is -2.21. The molecule has 92 valence electrons. The fourth-order valence-corrected chi connectivity index (χ4v) is 1.92. The first-order chi connectivity index (χ1) is 8.09. The lowest BCUT2D eigenvalue weighted by Gasteiger charge is -2.13. The highest BCUT2D eigenvalue weighted by molar-refractivity contribution is 5.20. The summed E-state index contributed by atoms with van der Waals surface area (Å²) >= 11 is 0. The maximum absolute atomic E-state index is 5.13. The second-order valence-corrected chi connectivity index (χ2v) is 4.28. The number of hydrogen-bond donors (Lipinski definition) is 1. The van der Waals surface area contributed by atoms with E-state index in [0.29, 0.717) is 0 Å². The van der Waals surface area contributed by atoms with Gasteiger partial charge in [0.05, 0.1) is 11.4 Å². The van der Waals surface area contributed by atoms with Crippen LogP contribution < -0.4 is 5.32 Å². The number of aromatic nitrogens is 3. The Morgan fingerprint density at radius 1 is 1.47 bits per heavy atom. The molecule has 0 bridgehead atoms. The van der Waals surface area contributed by atoms with Gasteiger partial charge in [-0.25, -0.2) is 0 Å². The van der Waals surface area contributed by atoms with Crippen LogP contribution in [0.15, 0.2) is 16.8 Å². The van der Waals surface area contributed by atoms with Gasteiger partial charge >= 0.3 is 0 Å². The summed E-state index contributed by atoms with van der Waals surface area (Å²) in [5.41, 5.74) is 3.25. The Morgan fingerprint density at radius 2 is 2.24 bits per heavy atom. The van der Waals surface area contributed by atoms with Crippen LogP contribution in [0.2, 0.25) is 0 Å². The fraction of sp³-hybridized carbons (Fsp3) is 0.500. The van der Waals surface area contributed by atoms with E-state index in [2.05, 4.69) is 22.5 Å². The average molecular weight is 234 g/mol. The van der Waals surface area contributed by atoms with Crippen molar-refractivity contribution in [2.45, 2.75) is 33.4 Å². The number of aryl methyl sites for hydroxylation is 3. The summed E-state index contributed by atoms with van der Waals surface area (Å²) < 4.78 is 7.01. The summed E-state index contributed by atoms with van der Waals surface area (Å²) in [4.78, 5) is 0. The summed E-state index contributed by atoms with van der Waals surface area (Å²) in [5, 5.41) is 11.6. The van der Waals surface area contributed by atoms with E-state index in [1.54, 1.807) is 0 Å². The quantitative estimate of drug-likeness (QED) is 0.877. The third-order valence-corrected chi connectivity index (χ3v) is 3.07. The number of rotatable bonds is 4. The maximum Gasteiger partial charge on any atom is 0.138 e. The largest absolute Gasteiger partial charge is 0.361 e. The topological polar surface area (TPSA) is 55.9 Å². The van der Waals surface area contributed by atoms with Crippen molar-refractivity contribution in [2.75, 3.05) is 0 Å². The SMILES string of the molecule is Cc1noc(C)c1CNC(C)c1ccnn1C. The molecule has 0 aliphatic heterocycles. The van der Waals surface area contributed by atoms with Gasteiger partial charge < -0.3 is 9.84 Å². The second-order valence-electron chi connectivity index (χ2n) is 4.28. The van der Waals surface area contributed by atoms with Crippen molar-refractivity contribution in [1.29, 1.82) is 0 Å². The molecule has 2 rings (SSSR count). The molecule has 2 aromatic heterocycles. The van der Waals surface area contributed by atoms with Crippen molar-refractivity contribution in [2.24, 2.45) is 7.05 Å². The molecule has 0 radical (unpaired) electrons. The first kappa shape index (κ1) is 11.9. The summed E-state index contributed by atoms with van der Waals surface area (Å²) in [6.45, 7) is 6.77. The Balaban J connectivity index is 2.02. The lowest BCUT2D eigenvalue weighted by atomic mass is 10.1. The smallest absolute Gasteiger partial charge is 0.138 e. The Hall–Kier alpha value is -1.62. The molecule has 1 N–H and O–H groups in total. The van der Waals surface area contributed by atoms with Crippen LogP contribution in [0.25, 0.3) is 0 Å². The highest BCUT2D eigenvalue weighted by atomic mass is 16.5. The van der Waals surface area contributed by atoms with E-state index in [0.717, 1.165) is 29.3 Å². The molecule has 1 unspecified atom stereocenters. The molecule has 0 fully saturated rings. The van der Waals surface area contributed by atoms with E-state index >= 15 is 0 Å². The zero-order chi connectivity index (χ0) is 12.4. The van der Waals surface area contributed by atoms with Gasteiger partial charge in [0.25, 0.3) is 0 Å². The summed E-state index contributed by atoms with van der Waals surface area (Å²) in [6.07, 6.45) is 1.81. The second kappa shape index (κ2) is 4.71. The molecule has 5 nitrogen and oxygen atoms in total. The first-order valence-electron chi connectivity index (χ1n) is 5.72. The van der Waals surface area contributed by atoms with Crippen molar-refractivity contribution in [3.8, 4) is 0 Å². The minimum absolute atomic E-state index is 0.246. The van der Waals surface area contributed by atoms with Gasteiger partial charge in [0.15, 0.2) is 0 Å². The van der Waals surface area contributed by atoms with Gasteiger partial charge in [-0.2, -0.15) is 5.10 Å². The van der Waals surface area contributed by atoms with Crippen LogP contribution in [0.4, 0.5) is 0 Å². The summed E-state index contributed by atoms with van der Waals surface area (Å²) in [6, 6.07) is 2.27. The molecular weight excluding hydrogens is 216 g/mol. The van der Waals surface area contributed by atoms with E-state index < -0.39 is 0 Å². The standard InChI is InChI=1S/C12H18N4O/c1-8-11(10(3)17-15-8)7-13-9(2)12-5-6-14-16(12)4/h5-6,9,13H,7H2,1-4H3. The molecule has 0 amide bonds. The van der Waals surface area contributed by atoms with Crippen LogP contribution in [0, 0.1) is 13.8 Å². The number of nitrogens with one attached hydrogen (secondary N) is 1. The van der Waals surface area contributed by atoms with E-state index in [4.69, 9.17) is 4.52 Å². The Morgan fingerprint density at radius 3 is 2.76 bits per heavy atom. The molecule has 0 spiro atoms. The molecule has 1 atom stereocenters. The molecule has 0 saturated heterocycles. The van der Waals surface area contributed by atoms with Gasteiger partial charge in [0.2, 0.25) is 0 Å². The molecule has 5 heteroatoms. The molecule has 17 heavy (non-hydrogen) atoms. The molecule has 2 aromatic rings. The third kappa shape index (κ3) is 2.39. The third-order valence-electron chi connectivity index (χ3n) is 3.07. The maximum atomic E-state index is 5.13. The number of hydrogen-bond acceptors (Lipinski definition) is 4. The zero-order valence-electron chi connectivity index (χ0n) is 10.7. The Bertz CT molecular complexity index is 481. The zero-order valence-corrected chi connectivity index (χ0v) is 10.7. The van der Waals surface area contributed by atoms with Gasteiger partial charge in [-0.05, 0) is 26.8 Å². The van der Waals surface area contributed by atoms with E-state index in [1.807, 2.05) is 37.8 Å². The predicted octanol–water partition coefficient (Wildman–Crippen LogP) is 1.88. The van der Waals surface area contributed by atoms with Crippen LogP contribution >= 0.6 is 0 Å². The van der Waals surface area contributed by atoms with Crippen molar-refractivity contribution >= 4 is 0 Å². The Kier molecular flexibility index (Phi) is 3.28. The van der Waals surface area contributed by atoms with Gasteiger partial charge in [-0.3, -0.25) is 4.68 Å². The molecule has 0 aliphatic carbocycles.